The second kappa shape index (κ2) is 9.53. The lowest BCUT2D eigenvalue weighted by Crippen LogP contribution is -2.44. The van der Waals surface area contributed by atoms with Crippen molar-refractivity contribution >= 4 is 17.5 Å². The predicted molar refractivity (Wildman–Crippen MR) is 98.7 cm³/mol. The summed E-state index contributed by atoms with van der Waals surface area (Å²) in [6, 6.07) is 7.79. The van der Waals surface area contributed by atoms with Crippen molar-refractivity contribution in [1.82, 2.24) is 9.80 Å². The summed E-state index contributed by atoms with van der Waals surface area (Å²) in [5.41, 5.74) is 1.91. The molecule has 2 rings (SSSR count). The van der Waals surface area contributed by atoms with E-state index < -0.39 is 0 Å². The van der Waals surface area contributed by atoms with Crippen molar-refractivity contribution < 1.29 is 14.3 Å². The zero-order valence-corrected chi connectivity index (χ0v) is 15.5. The van der Waals surface area contributed by atoms with Gasteiger partial charge in [-0.25, -0.2) is 0 Å². The Balaban J connectivity index is 1.90. The second-order valence-electron chi connectivity index (χ2n) is 6.68. The topological polar surface area (TPSA) is 61.9 Å². The number of nitrogens with zero attached hydrogens (tertiary/aromatic N) is 2. The van der Waals surface area contributed by atoms with Gasteiger partial charge >= 0.3 is 0 Å². The number of benzene rings is 1. The molecule has 1 heterocycles. The van der Waals surface area contributed by atoms with E-state index in [-0.39, 0.29) is 18.4 Å². The monoisotopic (exact) mass is 347 g/mol. The Kier molecular flexibility index (Phi) is 7.40. The van der Waals surface area contributed by atoms with Crippen LogP contribution in [0, 0.1) is 0 Å². The molecule has 6 nitrogen and oxygen atoms in total. The number of para-hydroxylation sites is 1. The van der Waals surface area contributed by atoms with Gasteiger partial charge < -0.3 is 15.0 Å². The van der Waals surface area contributed by atoms with Crippen molar-refractivity contribution in [3.63, 3.8) is 0 Å². The van der Waals surface area contributed by atoms with Crippen LogP contribution in [-0.4, -0.2) is 67.6 Å². The average Bonchev–Trinajstić information content (AvgIpc) is 2.59. The molecule has 6 heteroatoms. The van der Waals surface area contributed by atoms with Crippen LogP contribution in [0.2, 0.25) is 0 Å². The van der Waals surface area contributed by atoms with Crippen LogP contribution in [0.1, 0.15) is 32.3 Å². The van der Waals surface area contributed by atoms with Crippen LogP contribution in [0.3, 0.4) is 0 Å². The summed E-state index contributed by atoms with van der Waals surface area (Å²) in [6.07, 6.45) is 0. The highest BCUT2D eigenvalue weighted by Crippen LogP contribution is 2.23. The van der Waals surface area contributed by atoms with Crippen LogP contribution in [0.25, 0.3) is 0 Å². The third-order valence-electron chi connectivity index (χ3n) is 4.43. The van der Waals surface area contributed by atoms with Gasteiger partial charge in [0, 0.05) is 38.8 Å². The quantitative estimate of drug-likeness (QED) is 0.819. The summed E-state index contributed by atoms with van der Waals surface area (Å²) in [4.78, 5) is 28.2. The van der Waals surface area contributed by atoms with Crippen LogP contribution in [0.15, 0.2) is 24.3 Å². The van der Waals surface area contributed by atoms with Crippen LogP contribution in [0.4, 0.5) is 5.69 Å². The summed E-state index contributed by atoms with van der Waals surface area (Å²) < 4.78 is 5.33. The van der Waals surface area contributed by atoms with Crippen molar-refractivity contribution in [2.24, 2.45) is 0 Å². The minimum Gasteiger partial charge on any atom is -0.379 e. The highest BCUT2D eigenvalue weighted by atomic mass is 16.5. The summed E-state index contributed by atoms with van der Waals surface area (Å²) in [5, 5.41) is 2.95. The normalized spacial score (nSPS) is 15.2. The minimum absolute atomic E-state index is 0.0755. The smallest absolute Gasteiger partial charge is 0.244 e. The van der Waals surface area contributed by atoms with Crippen LogP contribution in [0.5, 0.6) is 0 Å². The first kappa shape index (κ1) is 19.4. The van der Waals surface area contributed by atoms with Gasteiger partial charge in [0.1, 0.15) is 0 Å². The van der Waals surface area contributed by atoms with E-state index in [1.165, 1.54) is 6.92 Å². The Morgan fingerprint density at radius 3 is 2.56 bits per heavy atom. The number of amides is 2. The molecule has 1 saturated heterocycles. The summed E-state index contributed by atoms with van der Waals surface area (Å²) in [6.45, 7) is 10.3. The molecule has 1 fully saturated rings. The molecule has 1 N–H and O–H groups in total. The van der Waals surface area contributed by atoms with Crippen LogP contribution >= 0.6 is 0 Å². The lowest BCUT2D eigenvalue weighted by atomic mass is 10.0. The highest BCUT2D eigenvalue weighted by Gasteiger charge is 2.17. The lowest BCUT2D eigenvalue weighted by Gasteiger charge is -2.29. The number of anilines is 1. The third-order valence-corrected chi connectivity index (χ3v) is 4.43. The van der Waals surface area contributed by atoms with Gasteiger partial charge in [-0.3, -0.25) is 14.5 Å². The minimum atomic E-state index is -0.162. The number of carbonyl (C=O) groups excluding carboxylic acids is 2. The van der Waals surface area contributed by atoms with E-state index in [0.29, 0.717) is 12.5 Å². The summed E-state index contributed by atoms with van der Waals surface area (Å²) in [7, 11) is 0. The maximum Gasteiger partial charge on any atom is 0.244 e. The Morgan fingerprint density at radius 2 is 1.92 bits per heavy atom. The Labute approximate surface area is 150 Å². The van der Waals surface area contributed by atoms with Crippen molar-refractivity contribution in [3.8, 4) is 0 Å². The highest BCUT2D eigenvalue weighted by molar-refractivity contribution is 5.95. The maximum atomic E-state index is 12.4. The first-order valence-corrected chi connectivity index (χ1v) is 8.91. The number of morpholine rings is 1. The van der Waals surface area contributed by atoms with Crippen molar-refractivity contribution in [2.45, 2.75) is 26.7 Å². The lowest BCUT2D eigenvalue weighted by molar-refractivity contribution is -0.133. The predicted octanol–water partition coefficient (Wildman–Crippen LogP) is 1.93. The molecule has 0 aromatic heterocycles. The molecule has 0 aliphatic carbocycles. The molecule has 2 amide bonds. The number of carbonyl (C=O) groups is 2. The molecule has 0 spiro atoms. The summed E-state index contributed by atoms with van der Waals surface area (Å²) in [5.74, 6) is 0.0764. The van der Waals surface area contributed by atoms with Gasteiger partial charge in [-0.15, -0.1) is 0 Å². The van der Waals surface area contributed by atoms with Gasteiger partial charge in [-0.05, 0) is 17.5 Å². The molecule has 0 bridgehead atoms. The molecule has 0 saturated carbocycles. The fraction of sp³-hybridized carbons (Fsp3) is 0.579. The number of hydrogen-bond donors (Lipinski definition) is 1. The zero-order chi connectivity index (χ0) is 18.2. The van der Waals surface area contributed by atoms with E-state index in [9.17, 15) is 9.59 Å². The van der Waals surface area contributed by atoms with Gasteiger partial charge in [-0.2, -0.15) is 0 Å². The van der Waals surface area contributed by atoms with Crippen molar-refractivity contribution in [3.05, 3.63) is 29.8 Å². The zero-order valence-electron chi connectivity index (χ0n) is 15.5. The van der Waals surface area contributed by atoms with Gasteiger partial charge in [0.2, 0.25) is 11.8 Å². The fourth-order valence-electron chi connectivity index (χ4n) is 2.91. The van der Waals surface area contributed by atoms with E-state index >= 15 is 0 Å². The molecule has 0 unspecified atom stereocenters. The fourth-order valence-corrected chi connectivity index (χ4v) is 2.91. The molecule has 1 aromatic carbocycles. The molecule has 25 heavy (non-hydrogen) atoms. The Hall–Kier alpha value is -1.92. The molecule has 1 aliphatic rings. The molecule has 0 atom stereocenters. The standard InChI is InChI=1S/C19H29N3O3/c1-15(2)17-6-4-5-7-18(17)20-19(24)14-22(16(3)23)9-8-21-10-12-25-13-11-21/h4-7,15H,8-14H2,1-3H3,(H,20,24). The first-order valence-electron chi connectivity index (χ1n) is 8.91. The number of ether oxygens (including phenoxy) is 1. The largest absolute Gasteiger partial charge is 0.379 e. The Bertz CT molecular complexity index is 583. The number of rotatable bonds is 7. The van der Waals surface area contributed by atoms with E-state index in [2.05, 4.69) is 24.1 Å². The number of nitrogens with one attached hydrogen (secondary N) is 1. The second-order valence-corrected chi connectivity index (χ2v) is 6.68. The maximum absolute atomic E-state index is 12.4. The molecule has 138 valence electrons. The van der Waals surface area contributed by atoms with E-state index in [1.54, 1.807) is 4.90 Å². The third kappa shape index (κ3) is 6.14. The van der Waals surface area contributed by atoms with Gasteiger partial charge in [0.05, 0.1) is 19.8 Å². The molecule has 1 aliphatic heterocycles. The van der Waals surface area contributed by atoms with E-state index in [0.717, 1.165) is 44.1 Å². The van der Waals surface area contributed by atoms with E-state index in [1.807, 2.05) is 24.3 Å². The Morgan fingerprint density at radius 1 is 1.24 bits per heavy atom. The average molecular weight is 347 g/mol. The van der Waals surface area contributed by atoms with E-state index in [4.69, 9.17) is 4.74 Å². The molecule has 0 radical (unpaired) electrons. The molecular weight excluding hydrogens is 318 g/mol. The molecule has 1 aromatic rings. The summed E-state index contributed by atoms with van der Waals surface area (Å²) >= 11 is 0. The van der Waals surface area contributed by atoms with Gasteiger partial charge in [-0.1, -0.05) is 32.0 Å². The molecular formula is C19H29N3O3. The van der Waals surface area contributed by atoms with Crippen molar-refractivity contribution in [1.29, 1.82) is 0 Å². The van der Waals surface area contributed by atoms with Crippen LogP contribution < -0.4 is 5.32 Å². The first-order chi connectivity index (χ1) is 12.0. The van der Waals surface area contributed by atoms with Crippen LogP contribution in [-0.2, 0) is 14.3 Å². The van der Waals surface area contributed by atoms with Gasteiger partial charge in [0.15, 0.2) is 0 Å². The van der Waals surface area contributed by atoms with Gasteiger partial charge in [0.25, 0.3) is 0 Å². The van der Waals surface area contributed by atoms with Crippen molar-refractivity contribution in [2.75, 3.05) is 51.3 Å². The number of hydrogen-bond acceptors (Lipinski definition) is 4. The SMILES string of the molecule is CC(=O)N(CCN1CCOCC1)CC(=O)Nc1ccccc1C(C)C.